The quantitative estimate of drug-likeness (QED) is 0.842. The summed E-state index contributed by atoms with van der Waals surface area (Å²) < 4.78 is 4.17. The second-order valence-corrected chi connectivity index (χ2v) is 5.24. The Kier molecular flexibility index (Phi) is 2.14. The van der Waals surface area contributed by atoms with E-state index in [0.29, 0.717) is 6.04 Å². The molecule has 0 aliphatic carbocycles. The monoisotopic (exact) mass is 239 g/mol. The van der Waals surface area contributed by atoms with E-state index in [4.69, 9.17) is 5.11 Å². The molecule has 2 aliphatic heterocycles. The van der Waals surface area contributed by atoms with E-state index in [2.05, 4.69) is 14.3 Å². The van der Waals surface area contributed by atoms with Crippen molar-refractivity contribution in [3.8, 4) is 0 Å². The number of hydrogen-bond acceptors (Lipinski definition) is 5. The molecule has 3 unspecified atom stereocenters. The van der Waals surface area contributed by atoms with E-state index >= 15 is 0 Å². The van der Waals surface area contributed by atoms with Gasteiger partial charge in [0, 0.05) is 23.6 Å². The maximum atomic E-state index is 11.1. The van der Waals surface area contributed by atoms with E-state index in [0.717, 1.165) is 30.2 Å². The van der Waals surface area contributed by atoms with Gasteiger partial charge in [0.15, 0.2) is 0 Å². The van der Waals surface area contributed by atoms with Crippen LogP contribution in [-0.4, -0.2) is 32.5 Å². The lowest BCUT2D eigenvalue weighted by molar-refractivity contribution is -0.142. The number of carbonyl (C=O) groups is 1. The van der Waals surface area contributed by atoms with E-state index in [-0.39, 0.29) is 12.0 Å². The number of anilines is 1. The molecule has 0 aromatic carbocycles. The molecule has 0 amide bonds. The Morgan fingerprint density at radius 2 is 2.38 bits per heavy atom. The number of aliphatic carboxylic acids is 1. The summed E-state index contributed by atoms with van der Waals surface area (Å²) >= 11 is 1.38. The summed E-state index contributed by atoms with van der Waals surface area (Å²) in [6.07, 6.45) is 2.83. The van der Waals surface area contributed by atoms with E-state index in [9.17, 15) is 4.79 Å². The van der Waals surface area contributed by atoms with Crippen molar-refractivity contribution in [1.82, 2.24) is 9.36 Å². The van der Waals surface area contributed by atoms with Gasteiger partial charge in [-0.1, -0.05) is 0 Å². The van der Waals surface area contributed by atoms with Gasteiger partial charge in [-0.2, -0.15) is 4.37 Å². The largest absolute Gasteiger partial charge is 0.481 e. The minimum Gasteiger partial charge on any atom is -0.481 e. The Balaban J connectivity index is 1.90. The molecule has 1 aromatic rings. The van der Waals surface area contributed by atoms with Crippen LogP contribution in [0.1, 0.15) is 25.1 Å². The van der Waals surface area contributed by atoms with Crippen LogP contribution in [-0.2, 0) is 4.79 Å². The molecule has 2 bridgehead atoms. The Morgan fingerprint density at radius 1 is 1.56 bits per heavy atom. The molecule has 1 N–H and O–H groups in total. The number of aromatic nitrogens is 2. The van der Waals surface area contributed by atoms with E-state index < -0.39 is 5.97 Å². The van der Waals surface area contributed by atoms with Gasteiger partial charge in [-0.05, 0) is 26.2 Å². The lowest BCUT2D eigenvalue weighted by Gasteiger charge is -2.21. The molecule has 1 aromatic heterocycles. The van der Waals surface area contributed by atoms with E-state index in [1.807, 2.05) is 6.92 Å². The van der Waals surface area contributed by atoms with Crippen molar-refractivity contribution >= 4 is 22.6 Å². The number of hydrogen-bond donors (Lipinski definition) is 1. The van der Waals surface area contributed by atoms with Gasteiger partial charge < -0.3 is 10.0 Å². The van der Waals surface area contributed by atoms with Crippen LogP contribution in [0.4, 0.5) is 5.13 Å². The second-order valence-electron chi connectivity index (χ2n) is 4.51. The first-order valence-electron chi connectivity index (χ1n) is 5.48. The summed E-state index contributed by atoms with van der Waals surface area (Å²) in [5.41, 5.74) is 0. The fraction of sp³-hybridized carbons (Fsp3) is 0.700. The highest BCUT2D eigenvalue weighted by Crippen LogP contribution is 2.44. The molecule has 2 saturated heterocycles. The molecule has 0 saturated carbocycles. The average molecular weight is 239 g/mol. The zero-order valence-corrected chi connectivity index (χ0v) is 9.78. The Morgan fingerprint density at radius 3 is 2.94 bits per heavy atom. The Hall–Kier alpha value is -1.17. The summed E-state index contributed by atoms with van der Waals surface area (Å²) in [5, 5.41) is 10.0. The van der Waals surface area contributed by atoms with E-state index in [1.165, 1.54) is 11.5 Å². The maximum absolute atomic E-state index is 11.1. The average Bonchev–Trinajstić information content (AvgIpc) is 2.89. The first kappa shape index (κ1) is 10.0. The first-order chi connectivity index (χ1) is 7.66. The highest BCUT2D eigenvalue weighted by molar-refractivity contribution is 7.09. The number of carboxylic acid groups (broad SMARTS) is 1. The Bertz CT molecular complexity index is 433. The van der Waals surface area contributed by atoms with Crippen LogP contribution in [0.2, 0.25) is 0 Å². The third-order valence-corrected chi connectivity index (χ3v) is 4.41. The van der Waals surface area contributed by atoms with Crippen molar-refractivity contribution in [3.63, 3.8) is 0 Å². The van der Waals surface area contributed by atoms with Gasteiger partial charge in [0.1, 0.15) is 5.82 Å². The SMILES string of the molecule is Cc1nsc(N2C3CCC2C(C(=O)O)C3)n1. The van der Waals surface area contributed by atoms with Crippen LogP contribution < -0.4 is 4.90 Å². The smallest absolute Gasteiger partial charge is 0.308 e. The fourth-order valence-corrected chi connectivity index (χ4v) is 3.75. The topological polar surface area (TPSA) is 66.3 Å². The fourth-order valence-electron chi connectivity index (χ4n) is 2.94. The summed E-state index contributed by atoms with van der Waals surface area (Å²) in [4.78, 5) is 17.7. The normalized spacial score (nSPS) is 32.3. The summed E-state index contributed by atoms with van der Waals surface area (Å²) in [7, 11) is 0. The number of rotatable bonds is 2. The number of nitrogens with zero attached hydrogens (tertiary/aromatic N) is 3. The summed E-state index contributed by atoms with van der Waals surface area (Å²) in [5.74, 6) is -0.112. The third-order valence-electron chi connectivity index (χ3n) is 3.59. The molecule has 3 atom stereocenters. The lowest BCUT2D eigenvalue weighted by Crippen LogP contribution is -2.32. The van der Waals surface area contributed by atoms with Gasteiger partial charge in [0.2, 0.25) is 5.13 Å². The minimum absolute atomic E-state index is 0.134. The molecule has 86 valence electrons. The molecule has 3 heterocycles. The van der Waals surface area contributed by atoms with Crippen LogP contribution in [0.3, 0.4) is 0 Å². The van der Waals surface area contributed by atoms with Crippen molar-refractivity contribution in [2.24, 2.45) is 5.92 Å². The Labute approximate surface area is 97.3 Å². The van der Waals surface area contributed by atoms with Crippen LogP contribution in [0, 0.1) is 12.8 Å². The molecule has 0 radical (unpaired) electrons. The molecular formula is C10H13N3O2S. The van der Waals surface area contributed by atoms with E-state index in [1.54, 1.807) is 0 Å². The molecule has 2 fully saturated rings. The van der Waals surface area contributed by atoms with Gasteiger partial charge in [-0.3, -0.25) is 4.79 Å². The van der Waals surface area contributed by atoms with Crippen LogP contribution in [0.25, 0.3) is 0 Å². The number of carboxylic acids is 1. The molecule has 16 heavy (non-hydrogen) atoms. The third kappa shape index (κ3) is 1.32. The van der Waals surface area contributed by atoms with Crippen molar-refractivity contribution in [3.05, 3.63) is 5.82 Å². The second kappa shape index (κ2) is 3.41. The van der Waals surface area contributed by atoms with Crippen molar-refractivity contribution < 1.29 is 9.90 Å². The van der Waals surface area contributed by atoms with Crippen LogP contribution in [0.15, 0.2) is 0 Å². The minimum atomic E-state index is -0.668. The van der Waals surface area contributed by atoms with Crippen molar-refractivity contribution in [1.29, 1.82) is 0 Å². The highest BCUT2D eigenvalue weighted by Gasteiger charge is 2.50. The molecule has 2 aliphatic rings. The molecule has 0 spiro atoms. The predicted octanol–water partition coefficient (Wildman–Crippen LogP) is 1.29. The van der Waals surface area contributed by atoms with Gasteiger partial charge >= 0.3 is 5.97 Å². The van der Waals surface area contributed by atoms with Gasteiger partial charge in [-0.25, -0.2) is 4.98 Å². The molecule has 6 heteroatoms. The predicted molar refractivity (Wildman–Crippen MR) is 59.7 cm³/mol. The standard InChI is InChI=1S/C10H13N3O2S/c1-5-11-10(16-12-5)13-6-2-3-8(13)7(4-6)9(14)15/h6-8H,2-4H2,1H3,(H,14,15). The van der Waals surface area contributed by atoms with Crippen molar-refractivity contribution in [2.75, 3.05) is 4.90 Å². The van der Waals surface area contributed by atoms with Crippen LogP contribution in [0.5, 0.6) is 0 Å². The summed E-state index contributed by atoms with van der Waals surface area (Å²) in [6.45, 7) is 1.87. The zero-order valence-electron chi connectivity index (χ0n) is 8.96. The summed E-state index contributed by atoms with van der Waals surface area (Å²) in [6, 6.07) is 0.494. The molecular weight excluding hydrogens is 226 g/mol. The van der Waals surface area contributed by atoms with Crippen LogP contribution >= 0.6 is 11.5 Å². The van der Waals surface area contributed by atoms with Gasteiger partial charge in [-0.15, -0.1) is 0 Å². The van der Waals surface area contributed by atoms with Gasteiger partial charge in [0.05, 0.1) is 5.92 Å². The number of aryl methyl sites for hydroxylation is 1. The van der Waals surface area contributed by atoms with Gasteiger partial charge in [0.25, 0.3) is 0 Å². The molecule has 3 rings (SSSR count). The highest BCUT2D eigenvalue weighted by atomic mass is 32.1. The zero-order chi connectivity index (χ0) is 11.3. The van der Waals surface area contributed by atoms with Crippen molar-refractivity contribution in [2.45, 2.75) is 38.3 Å². The molecule has 5 nitrogen and oxygen atoms in total. The lowest BCUT2D eigenvalue weighted by atomic mass is 9.89. The number of fused-ring (bicyclic) bond motifs is 2. The first-order valence-corrected chi connectivity index (χ1v) is 6.25. The maximum Gasteiger partial charge on any atom is 0.308 e.